The van der Waals surface area contributed by atoms with Gasteiger partial charge in [-0.05, 0) is 123 Å². The monoisotopic (exact) mass is 724 g/mol. The van der Waals surface area contributed by atoms with Gasteiger partial charge in [-0.3, -0.25) is 14.3 Å². The van der Waals surface area contributed by atoms with Gasteiger partial charge in [0.25, 0.3) is 0 Å². The molecule has 0 N–H and O–H groups in total. The average molecular weight is 725 g/mol. The van der Waals surface area contributed by atoms with Gasteiger partial charge in [0.1, 0.15) is 22.6 Å². The molecule has 0 bridgehead atoms. The minimum atomic E-state index is -3.64. The Hall–Kier alpha value is -2.79. The molecule has 2 aromatic rings. The van der Waals surface area contributed by atoms with E-state index in [1.165, 1.54) is 23.5 Å². The Kier molecular flexibility index (Phi) is 13.3. The van der Waals surface area contributed by atoms with Crippen molar-refractivity contribution in [3.05, 3.63) is 47.1 Å². The first-order valence-corrected chi connectivity index (χ1v) is 19.5. The maximum Gasteiger partial charge on any atom is 0.419 e. The van der Waals surface area contributed by atoms with Crippen molar-refractivity contribution in [3.8, 4) is 10.4 Å². The molecule has 1 aliphatic rings. The molecule has 1 aromatic carbocycles. The summed E-state index contributed by atoms with van der Waals surface area (Å²) >= 11 is 1.51. The Bertz CT molecular complexity index is 1470. The molecule has 1 aliphatic heterocycles. The first kappa shape index (κ1) is 40.6. The Labute approximate surface area is 295 Å². The second-order valence-corrected chi connectivity index (χ2v) is 19.3. The molecule has 1 fully saturated rings. The van der Waals surface area contributed by atoms with Crippen molar-refractivity contribution in [1.82, 2.24) is 9.80 Å². The molecule has 3 rings (SSSR count). The Morgan fingerprint density at radius 3 is 2.08 bits per heavy atom. The lowest BCUT2D eigenvalue weighted by Gasteiger charge is -2.46. The van der Waals surface area contributed by atoms with Gasteiger partial charge in [0.15, 0.2) is 5.16 Å². The topological polar surface area (TPSA) is 112 Å². The van der Waals surface area contributed by atoms with Crippen molar-refractivity contribution in [2.75, 3.05) is 32.4 Å². The molecule has 0 saturated carbocycles. The van der Waals surface area contributed by atoms with Crippen molar-refractivity contribution >= 4 is 36.9 Å². The van der Waals surface area contributed by atoms with Crippen LogP contribution in [0.3, 0.4) is 0 Å². The SMILES string of the molecule is CCOP1(=O)CCN(Cc2ccc(F)cc2-c2cccs2)C[C@@]1(CCCCN(C(=O)OC(C)(C)C)C(=O)OC(C)(C)C)C(=O)OC(C)(C)C. The molecule has 49 heavy (non-hydrogen) atoms. The van der Waals surface area contributed by atoms with Gasteiger partial charge in [-0.25, -0.2) is 18.9 Å². The number of ether oxygens (including phenoxy) is 3. The molecule has 1 unspecified atom stereocenters. The van der Waals surface area contributed by atoms with Crippen LogP contribution in [-0.2, 0) is 34.6 Å². The third kappa shape index (κ3) is 11.4. The lowest BCUT2D eigenvalue weighted by atomic mass is 9.97. The minimum absolute atomic E-state index is 0.0450. The summed E-state index contributed by atoms with van der Waals surface area (Å²) < 4.78 is 52.2. The number of benzene rings is 1. The number of thiophene rings is 1. The smallest absolute Gasteiger partial charge is 0.419 e. The minimum Gasteiger partial charge on any atom is -0.459 e. The standard InChI is InChI=1S/C36H54FN2O8PS/c1-11-44-48(43)21-20-38(24-26-16-17-27(37)23-28(26)29-15-14-22-49-29)25-36(48,30(40)45-33(2,3)4)18-12-13-19-39(31(41)46-34(5,6)7)32(42)47-35(8,9)10/h14-17,22-23H,11-13,18-21,24-25H2,1-10H3/t36-,48?/m0/s1. The van der Waals surface area contributed by atoms with E-state index in [0.29, 0.717) is 19.5 Å². The van der Waals surface area contributed by atoms with E-state index in [9.17, 15) is 23.3 Å². The zero-order valence-electron chi connectivity index (χ0n) is 30.7. The van der Waals surface area contributed by atoms with Crippen molar-refractivity contribution in [2.24, 2.45) is 0 Å². The first-order valence-electron chi connectivity index (χ1n) is 16.8. The highest BCUT2D eigenvalue weighted by atomic mass is 32.1. The highest BCUT2D eigenvalue weighted by Gasteiger charge is 2.59. The van der Waals surface area contributed by atoms with Crippen molar-refractivity contribution in [2.45, 2.75) is 117 Å². The number of halogens is 1. The zero-order valence-corrected chi connectivity index (χ0v) is 32.4. The van der Waals surface area contributed by atoms with Gasteiger partial charge < -0.3 is 18.7 Å². The largest absolute Gasteiger partial charge is 0.459 e. The third-order valence-electron chi connectivity index (χ3n) is 7.67. The Balaban J connectivity index is 1.94. The van der Waals surface area contributed by atoms with Gasteiger partial charge in [-0.1, -0.05) is 12.1 Å². The van der Waals surface area contributed by atoms with Crippen LogP contribution in [0.1, 0.15) is 94.1 Å². The molecular formula is C36H54FN2O8PS. The van der Waals surface area contributed by atoms with Crippen LogP contribution < -0.4 is 0 Å². The van der Waals surface area contributed by atoms with Crippen LogP contribution in [0.2, 0.25) is 0 Å². The van der Waals surface area contributed by atoms with E-state index in [1.54, 1.807) is 75.3 Å². The van der Waals surface area contributed by atoms with Gasteiger partial charge in [0.05, 0.1) is 6.61 Å². The molecule has 0 aliphatic carbocycles. The lowest BCUT2D eigenvalue weighted by molar-refractivity contribution is -0.160. The molecule has 2 atom stereocenters. The van der Waals surface area contributed by atoms with Gasteiger partial charge in [-0.15, -0.1) is 11.3 Å². The first-order chi connectivity index (χ1) is 22.6. The van der Waals surface area contributed by atoms with Gasteiger partial charge >= 0.3 is 18.2 Å². The van der Waals surface area contributed by atoms with Crippen LogP contribution in [0.25, 0.3) is 10.4 Å². The van der Waals surface area contributed by atoms with E-state index >= 15 is 0 Å². The Morgan fingerprint density at radius 1 is 0.939 bits per heavy atom. The van der Waals surface area contributed by atoms with Crippen LogP contribution in [0.5, 0.6) is 0 Å². The average Bonchev–Trinajstić information content (AvgIpc) is 3.48. The van der Waals surface area contributed by atoms with E-state index < -0.39 is 47.5 Å². The quantitative estimate of drug-likeness (QED) is 0.0970. The lowest BCUT2D eigenvalue weighted by Crippen LogP contribution is -2.56. The molecule has 1 aromatic heterocycles. The molecule has 13 heteroatoms. The van der Waals surface area contributed by atoms with Gasteiger partial charge in [-0.2, -0.15) is 0 Å². The maximum atomic E-state index is 14.8. The third-order valence-corrected chi connectivity index (χ3v) is 11.9. The molecule has 1 saturated heterocycles. The summed E-state index contributed by atoms with van der Waals surface area (Å²) in [5.74, 6) is -0.961. The Morgan fingerprint density at radius 2 is 1.55 bits per heavy atom. The fraction of sp³-hybridized carbons (Fsp3) is 0.639. The summed E-state index contributed by atoms with van der Waals surface area (Å²) in [4.78, 5) is 44.3. The van der Waals surface area contributed by atoms with Crippen molar-refractivity contribution < 1.29 is 42.1 Å². The number of unbranched alkanes of at least 4 members (excludes halogenated alkanes) is 1. The number of hydrogen-bond donors (Lipinski definition) is 0. The molecule has 10 nitrogen and oxygen atoms in total. The predicted molar refractivity (Wildman–Crippen MR) is 191 cm³/mol. The number of rotatable bonds is 11. The summed E-state index contributed by atoms with van der Waals surface area (Å²) in [7, 11) is -3.64. The van der Waals surface area contributed by atoms with Gasteiger partial charge in [0, 0.05) is 37.2 Å². The summed E-state index contributed by atoms with van der Waals surface area (Å²) in [5.41, 5.74) is -0.915. The zero-order chi connectivity index (χ0) is 36.8. The highest BCUT2D eigenvalue weighted by molar-refractivity contribution is 7.62. The van der Waals surface area contributed by atoms with Crippen LogP contribution >= 0.6 is 18.7 Å². The highest BCUT2D eigenvalue weighted by Crippen LogP contribution is 2.64. The maximum absolute atomic E-state index is 14.8. The molecule has 0 radical (unpaired) electrons. The number of carbonyl (C=O) groups excluding carboxylic acids is 3. The van der Waals surface area contributed by atoms with E-state index in [1.807, 2.05) is 17.5 Å². The number of nitrogens with zero attached hydrogens (tertiary/aromatic N) is 2. The predicted octanol–water partition coefficient (Wildman–Crippen LogP) is 9.11. The second kappa shape index (κ2) is 16.0. The van der Waals surface area contributed by atoms with Crippen molar-refractivity contribution in [1.29, 1.82) is 0 Å². The van der Waals surface area contributed by atoms with Gasteiger partial charge in [0.2, 0.25) is 7.37 Å². The summed E-state index contributed by atoms with van der Waals surface area (Å²) in [6, 6.07) is 8.53. The molecule has 2 amide bonds. The van der Waals surface area contributed by atoms with Crippen LogP contribution in [0, 0.1) is 5.82 Å². The molecular weight excluding hydrogens is 670 g/mol. The fourth-order valence-electron chi connectivity index (χ4n) is 5.67. The molecule has 0 spiro atoms. The van der Waals surface area contributed by atoms with Crippen LogP contribution in [0.15, 0.2) is 35.7 Å². The molecule has 274 valence electrons. The number of hydrogen-bond acceptors (Lipinski definition) is 10. The number of esters is 1. The fourth-order valence-corrected chi connectivity index (χ4v) is 9.45. The summed E-state index contributed by atoms with van der Waals surface area (Å²) in [6.45, 7) is 18.2. The number of carbonyl (C=O) groups is 3. The molecule has 2 heterocycles. The van der Waals surface area contributed by atoms with Crippen LogP contribution in [0.4, 0.5) is 14.0 Å². The number of amides is 2. The van der Waals surface area contributed by atoms with E-state index in [-0.39, 0.29) is 44.5 Å². The van der Waals surface area contributed by atoms with E-state index in [0.717, 1.165) is 20.9 Å². The summed E-state index contributed by atoms with van der Waals surface area (Å²) in [6.07, 6.45) is -0.856. The van der Waals surface area contributed by atoms with E-state index in [2.05, 4.69) is 4.90 Å². The second-order valence-electron chi connectivity index (χ2n) is 15.4. The normalized spacial score (nSPS) is 20.5. The number of imide groups is 1. The van der Waals surface area contributed by atoms with Crippen molar-refractivity contribution in [3.63, 3.8) is 0 Å². The van der Waals surface area contributed by atoms with E-state index in [4.69, 9.17) is 18.7 Å². The van der Waals surface area contributed by atoms with Crippen LogP contribution in [-0.4, -0.2) is 82.3 Å². The summed E-state index contributed by atoms with van der Waals surface area (Å²) in [5, 5.41) is 0.407.